The van der Waals surface area contributed by atoms with Crippen molar-refractivity contribution in [1.82, 2.24) is 4.90 Å². The van der Waals surface area contributed by atoms with Gasteiger partial charge in [-0.2, -0.15) is 0 Å². The summed E-state index contributed by atoms with van der Waals surface area (Å²) in [4.78, 5) is 28.7. The molecule has 0 radical (unpaired) electrons. The Balaban J connectivity index is 1.59. The van der Waals surface area contributed by atoms with Gasteiger partial charge in [-0.25, -0.2) is 0 Å². The van der Waals surface area contributed by atoms with Gasteiger partial charge in [0.2, 0.25) is 5.76 Å². The second-order valence-corrected chi connectivity index (χ2v) is 8.08. The van der Waals surface area contributed by atoms with Crippen LogP contribution in [0.5, 0.6) is 5.75 Å². The molecule has 1 amide bonds. The molecule has 5 rings (SSSR count). The van der Waals surface area contributed by atoms with Crippen molar-refractivity contribution in [3.8, 4) is 5.75 Å². The zero-order valence-corrected chi connectivity index (χ0v) is 18.0. The van der Waals surface area contributed by atoms with Crippen LogP contribution in [-0.2, 0) is 6.42 Å². The molecule has 0 saturated carbocycles. The highest BCUT2D eigenvalue weighted by Crippen LogP contribution is 2.38. The summed E-state index contributed by atoms with van der Waals surface area (Å²) >= 11 is 0. The molecule has 32 heavy (non-hydrogen) atoms. The Labute approximate surface area is 185 Å². The predicted molar refractivity (Wildman–Crippen MR) is 123 cm³/mol. The average Bonchev–Trinajstić information content (AvgIpc) is 3.11. The Kier molecular flexibility index (Phi) is 5.02. The Morgan fingerprint density at radius 2 is 1.72 bits per heavy atom. The smallest absolute Gasteiger partial charge is 0.290 e. The van der Waals surface area contributed by atoms with E-state index in [2.05, 4.69) is 0 Å². The molecule has 0 spiro atoms. The fraction of sp³-hybridized carbons (Fsp3) is 0.185. The van der Waals surface area contributed by atoms with Crippen LogP contribution < -0.4 is 10.2 Å². The molecule has 1 aromatic heterocycles. The van der Waals surface area contributed by atoms with Crippen LogP contribution in [-0.4, -0.2) is 24.5 Å². The number of rotatable bonds is 5. The first-order chi connectivity index (χ1) is 15.6. The van der Waals surface area contributed by atoms with Crippen molar-refractivity contribution in [2.45, 2.75) is 19.4 Å². The van der Waals surface area contributed by atoms with Crippen LogP contribution in [0.4, 0.5) is 0 Å². The van der Waals surface area contributed by atoms with E-state index in [1.54, 1.807) is 18.1 Å². The fourth-order valence-electron chi connectivity index (χ4n) is 4.39. The van der Waals surface area contributed by atoms with E-state index in [0.29, 0.717) is 29.5 Å². The molecule has 1 aliphatic heterocycles. The van der Waals surface area contributed by atoms with Gasteiger partial charge >= 0.3 is 0 Å². The van der Waals surface area contributed by atoms with Gasteiger partial charge in [-0.1, -0.05) is 54.1 Å². The predicted octanol–water partition coefficient (Wildman–Crippen LogP) is 4.90. The first-order valence-electron chi connectivity index (χ1n) is 10.6. The third-order valence-corrected chi connectivity index (χ3v) is 6.04. The molecule has 0 bridgehead atoms. The molecule has 0 unspecified atom stereocenters. The minimum Gasteiger partial charge on any atom is -0.497 e. The van der Waals surface area contributed by atoms with Crippen molar-refractivity contribution < 1.29 is 13.9 Å². The van der Waals surface area contributed by atoms with E-state index in [4.69, 9.17) is 9.15 Å². The lowest BCUT2D eigenvalue weighted by atomic mass is 9.98. The molecule has 160 valence electrons. The van der Waals surface area contributed by atoms with Gasteiger partial charge in [0.15, 0.2) is 5.43 Å². The summed E-state index contributed by atoms with van der Waals surface area (Å²) in [5.41, 5.74) is 3.68. The minimum atomic E-state index is -0.474. The van der Waals surface area contributed by atoms with E-state index in [1.807, 2.05) is 73.7 Å². The van der Waals surface area contributed by atoms with Crippen LogP contribution in [0.1, 0.15) is 38.9 Å². The standard InChI is InChI=1S/C27H23NO4/c1-17-8-13-22-21(16-17)25(29)23-24(19-6-4-3-5-7-19)28(27(30)26(23)32-22)15-14-18-9-11-20(31-2)12-10-18/h3-13,16,24H,14-15H2,1-2H3/t24-/m0/s1. The minimum absolute atomic E-state index is 0.140. The van der Waals surface area contributed by atoms with Gasteiger partial charge in [0.1, 0.15) is 11.3 Å². The van der Waals surface area contributed by atoms with Crippen LogP contribution in [0.25, 0.3) is 11.0 Å². The zero-order chi connectivity index (χ0) is 22.2. The number of methoxy groups -OCH3 is 1. The van der Waals surface area contributed by atoms with Crippen LogP contribution in [0.3, 0.4) is 0 Å². The van der Waals surface area contributed by atoms with Gasteiger partial charge in [-0.3, -0.25) is 9.59 Å². The Morgan fingerprint density at radius 3 is 2.44 bits per heavy atom. The molecule has 4 aromatic rings. The Morgan fingerprint density at radius 1 is 0.969 bits per heavy atom. The number of carbonyl (C=O) groups excluding carboxylic acids is 1. The fourth-order valence-corrected chi connectivity index (χ4v) is 4.39. The molecule has 0 saturated heterocycles. The SMILES string of the molecule is COc1ccc(CCN2C(=O)c3oc4ccc(C)cc4c(=O)c3[C@@H]2c2ccccc2)cc1. The molecule has 5 nitrogen and oxygen atoms in total. The van der Waals surface area contributed by atoms with E-state index in [-0.39, 0.29) is 17.1 Å². The summed E-state index contributed by atoms with van der Waals surface area (Å²) in [6.45, 7) is 2.40. The number of amides is 1. The Bertz CT molecular complexity index is 1360. The van der Waals surface area contributed by atoms with Crippen molar-refractivity contribution in [2.24, 2.45) is 0 Å². The number of nitrogens with zero attached hydrogens (tertiary/aromatic N) is 1. The molecule has 0 N–H and O–H groups in total. The summed E-state index contributed by atoms with van der Waals surface area (Å²) in [5.74, 6) is 0.689. The first kappa shape index (κ1) is 20.1. The van der Waals surface area contributed by atoms with Gasteiger partial charge < -0.3 is 14.1 Å². The second-order valence-electron chi connectivity index (χ2n) is 8.08. The lowest BCUT2D eigenvalue weighted by molar-refractivity contribution is 0.0730. The van der Waals surface area contributed by atoms with E-state index >= 15 is 0 Å². The molecule has 1 aliphatic rings. The van der Waals surface area contributed by atoms with Crippen LogP contribution in [0, 0.1) is 6.92 Å². The van der Waals surface area contributed by atoms with Crippen LogP contribution >= 0.6 is 0 Å². The second kappa shape index (κ2) is 8.00. The highest BCUT2D eigenvalue weighted by Gasteiger charge is 2.42. The maximum Gasteiger partial charge on any atom is 0.290 e. The van der Waals surface area contributed by atoms with E-state index in [0.717, 1.165) is 22.4 Å². The number of ether oxygens (including phenoxy) is 1. The van der Waals surface area contributed by atoms with Crippen molar-refractivity contribution in [3.63, 3.8) is 0 Å². The normalized spacial score (nSPS) is 15.2. The van der Waals surface area contributed by atoms with Crippen molar-refractivity contribution in [2.75, 3.05) is 13.7 Å². The molecular weight excluding hydrogens is 402 g/mol. The van der Waals surface area contributed by atoms with Gasteiger partial charge in [-0.15, -0.1) is 0 Å². The highest BCUT2D eigenvalue weighted by atomic mass is 16.5. The summed E-state index contributed by atoms with van der Waals surface area (Å²) in [7, 11) is 1.63. The van der Waals surface area contributed by atoms with Crippen molar-refractivity contribution in [1.29, 1.82) is 0 Å². The van der Waals surface area contributed by atoms with Crippen molar-refractivity contribution >= 4 is 16.9 Å². The summed E-state index contributed by atoms with van der Waals surface area (Å²) in [5, 5.41) is 0.509. The zero-order valence-electron chi connectivity index (χ0n) is 18.0. The molecular formula is C27H23NO4. The van der Waals surface area contributed by atoms with Crippen LogP contribution in [0.2, 0.25) is 0 Å². The molecule has 5 heteroatoms. The van der Waals surface area contributed by atoms with E-state index in [9.17, 15) is 9.59 Å². The lowest BCUT2D eigenvalue weighted by Gasteiger charge is -2.25. The van der Waals surface area contributed by atoms with Crippen LogP contribution in [0.15, 0.2) is 82.0 Å². The lowest BCUT2D eigenvalue weighted by Crippen LogP contribution is -2.31. The molecule has 2 heterocycles. The maximum absolute atomic E-state index is 13.5. The highest BCUT2D eigenvalue weighted by molar-refractivity contribution is 5.99. The topological polar surface area (TPSA) is 59.8 Å². The van der Waals surface area contributed by atoms with Gasteiger partial charge in [0, 0.05) is 6.54 Å². The third-order valence-electron chi connectivity index (χ3n) is 6.04. The number of aryl methyl sites for hydroxylation is 1. The quantitative estimate of drug-likeness (QED) is 0.456. The van der Waals surface area contributed by atoms with Gasteiger partial charge in [0.25, 0.3) is 5.91 Å². The first-order valence-corrected chi connectivity index (χ1v) is 10.6. The summed E-state index contributed by atoms with van der Waals surface area (Å²) in [6, 6.07) is 22.5. The van der Waals surface area contributed by atoms with Gasteiger partial charge in [-0.05, 0) is 48.7 Å². The monoisotopic (exact) mass is 425 g/mol. The maximum atomic E-state index is 13.5. The number of fused-ring (bicyclic) bond motifs is 2. The van der Waals surface area contributed by atoms with Crippen molar-refractivity contribution in [3.05, 3.63) is 111 Å². The molecule has 0 aliphatic carbocycles. The number of hydrogen-bond acceptors (Lipinski definition) is 4. The molecule has 0 fully saturated rings. The number of hydrogen-bond donors (Lipinski definition) is 0. The average molecular weight is 425 g/mol. The van der Waals surface area contributed by atoms with E-state index < -0.39 is 6.04 Å². The third kappa shape index (κ3) is 3.36. The van der Waals surface area contributed by atoms with E-state index in [1.165, 1.54) is 0 Å². The number of carbonyl (C=O) groups is 1. The number of benzene rings is 3. The Hall–Kier alpha value is -3.86. The molecule has 3 aromatic carbocycles. The van der Waals surface area contributed by atoms with Gasteiger partial charge in [0.05, 0.1) is 24.1 Å². The molecule has 1 atom stereocenters. The summed E-state index contributed by atoms with van der Waals surface area (Å²) < 4.78 is 11.2. The summed E-state index contributed by atoms with van der Waals surface area (Å²) in [6.07, 6.45) is 0.653. The largest absolute Gasteiger partial charge is 0.497 e.